The minimum absolute atomic E-state index is 0.0509. The summed E-state index contributed by atoms with van der Waals surface area (Å²) in [6, 6.07) is 16.5. The molecule has 0 atom stereocenters. The Morgan fingerprint density at radius 3 is 2.28 bits per heavy atom. The number of methoxy groups -OCH3 is 1. The number of esters is 1. The van der Waals surface area contributed by atoms with E-state index in [0.29, 0.717) is 24.7 Å². The molecule has 6 heteroatoms. The van der Waals surface area contributed by atoms with Crippen LogP contribution in [0.5, 0.6) is 11.5 Å². The Morgan fingerprint density at radius 1 is 0.880 bits per heavy atom. The third-order valence-corrected chi connectivity index (χ3v) is 3.27. The van der Waals surface area contributed by atoms with Gasteiger partial charge in [0.25, 0.3) is 0 Å². The van der Waals surface area contributed by atoms with Gasteiger partial charge in [0, 0.05) is 18.2 Å². The Bertz CT molecular complexity index is 687. The van der Waals surface area contributed by atoms with Gasteiger partial charge in [0.15, 0.2) is 0 Å². The van der Waals surface area contributed by atoms with Crippen LogP contribution in [0.1, 0.15) is 12.8 Å². The first-order chi connectivity index (χ1) is 12.2. The Labute approximate surface area is 146 Å². The Balaban J connectivity index is 1.74. The molecule has 0 radical (unpaired) electrons. The van der Waals surface area contributed by atoms with Gasteiger partial charge in [-0.05, 0) is 24.3 Å². The lowest BCUT2D eigenvalue weighted by Gasteiger charge is -2.10. The quantitative estimate of drug-likeness (QED) is 0.559. The third-order valence-electron chi connectivity index (χ3n) is 3.27. The number of hydrogen-bond donors (Lipinski definition) is 1. The molecule has 6 nitrogen and oxygen atoms in total. The van der Waals surface area contributed by atoms with Gasteiger partial charge in [-0.2, -0.15) is 0 Å². The summed E-state index contributed by atoms with van der Waals surface area (Å²) in [5, 5.41) is 2.72. The highest BCUT2D eigenvalue weighted by atomic mass is 16.5. The average molecular weight is 343 g/mol. The van der Waals surface area contributed by atoms with Crippen molar-refractivity contribution in [1.29, 1.82) is 0 Å². The molecule has 0 heterocycles. The lowest BCUT2D eigenvalue weighted by Crippen LogP contribution is -2.14. The van der Waals surface area contributed by atoms with Gasteiger partial charge in [0.05, 0.1) is 13.5 Å². The Morgan fingerprint density at radius 2 is 1.56 bits per heavy atom. The minimum Gasteiger partial charge on any atom is -0.490 e. The maximum Gasteiger partial charge on any atom is 0.306 e. The van der Waals surface area contributed by atoms with Gasteiger partial charge >= 0.3 is 5.97 Å². The Hall–Kier alpha value is -3.02. The van der Waals surface area contributed by atoms with Gasteiger partial charge < -0.3 is 19.5 Å². The van der Waals surface area contributed by atoms with Crippen LogP contribution in [0.3, 0.4) is 0 Å². The molecule has 0 saturated carbocycles. The van der Waals surface area contributed by atoms with E-state index >= 15 is 0 Å². The number of carbonyl (C=O) groups is 2. The SMILES string of the molecule is COC(=O)CCC(=O)Nc1cccc(OCCOc2ccccc2)c1. The summed E-state index contributed by atoms with van der Waals surface area (Å²) >= 11 is 0. The van der Waals surface area contributed by atoms with Crippen LogP contribution in [-0.2, 0) is 14.3 Å². The molecule has 0 aliphatic carbocycles. The van der Waals surface area contributed by atoms with E-state index in [1.807, 2.05) is 30.3 Å². The van der Waals surface area contributed by atoms with Crippen LogP contribution in [-0.4, -0.2) is 32.2 Å². The molecule has 0 spiro atoms. The summed E-state index contributed by atoms with van der Waals surface area (Å²) in [5.74, 6) is 0.751. The maximum atomic E-state index is 11.8. The number of carbonyl (C=O) groups excluding carboxylic acids is 2. The van der Waals surface area contributed by atoms with Crippen molar-refractivity contribution >= 4 is 17.6 Å². The number of hydrogen-bond acceptors (Lipinski definition) is 5. The van der Waals surface area contributed by atoms with Crippen LogP contribution >= 0.6 is 0 Å². The predicted octanol–water partition coefficient (Wildman–Crippen LogP) is 3.04. The standard InChI is InChI=1S/C19H21NO5/c1-23-19(22)11-10-18(21)20-15-6-5-9-17(14-15)25-13-12-24-16-7-3-2-4-8-16/h2-9,14H,10-13H2,1H3,(H,20,21). The number of rotatable bonds is 9. The monoisotopic (exact) mass is 343 g/mol. The molecule has 25 heavy (non-hydrogen) atoms. The van der Waals surface area contributed by atoms with E-state index in [0.717, 1.165) is 5.75 Å². The number of para-hydroxylation sites is 1. The predicted molar refractivity (Wildman–Crippen MR) is 93.8 cm³/mol. The van der Waals surface area contributed by atoms with Crippen LogP contribution in [0.4, 0.5) is 5.69 Å². The van der Waals surface area contributed by atoms with Crippen molar-refractivity contribution in [2.75, 3.05) is 25.6 Å². The summed E-state index contributed by atoms with van der Waals surface area (Å²) in [7, 11) is 1.29. The van der Waals surface area contributed by atoms with E-state index < -0.39 is 5.97 Å². The normalized spacial score (nSPS) is 9.96. The van der Waals surface area contributed by atoms with E-state index in [-0.39, 0.29) is 18.7 Å². The van der Waals surface area contributed by atoms with Crippen molar-refractivity contribution in [2.45, 2.75) is 12.8 Å². The minimum atomic E-state index is -0.411. The third kappa shape index (κ3) is 6.95. The van der Waals surface area contributed by atoms with Crippen LogP contribution in [0.2, 0.25) is 0 Å². The molecule has 0 bridgehead atoms. The molecular weight excluding hydrogens is 322 g/mol. The molecule has 0 aliphatic heterocycles. The molecular formula is C19H21NO5. The molecule has 1 N–H and O–H groups in total. The highest BCUT2D eigenvalue weighted by Gasteiger charge is 2.07. The van der Waals surface area contributed by atoms with Crippen LogP contribution < -0.4 is 14.8 Å². The van der Waals surface area contributed by atoms with Crippen molar-refractivity contribution in [2.24, 2.45) is 0 Å². The van der Waals surface area contributed by atoms with Crippen LogP contribution in [0, 0.1) is 0 Å². The van der Waals surface area contributed by atoms with Gasteiger partial charge in [-0.3, -0.25) is 9.59 Å². The topological polar surface area (TPSA) is 73.9 Å². The molecule has 0 saturated heterocycles. The van der Waals surface area contributed by atoms with E-state index in [2.05, 4.69) is 10.1 Å². The molecule has 132 valence electrons. The Kier molecular flexibility index (Phi) is 7.31. The average Bonchev–Trinajstić information content (AvgIpc) is 2.64. The van der Waals surface area contributed by atoms with E-state index in [9.17, 15) is 9.59 Å². The van der Waals surface area contributed by atoms with Gasteiger partial charge in [-0.25, -0.2) is 0 Å². The second-order valence-electron chi connectivity index (χ2n) is 5.16. The number of anilines is 1. The fourth-order valence-electron chi connectivity index (χ4n) is 2.04. The summed E-state index contributed by atoms with van der Waals surface area (Å²) in [4.78, 5) is 22.8. The summed E-state index contributed by atoms with van der Waals surface area (Å²) in [6.45, 7) is 0.800. The highest BCUT2D eigenvalue weighted by molar-refractivity contribution is 5.92. The molecule has 2 rings (SSSR count). The van der Waals surface area contributed by atoms with Gasteiger partial charge in [-0.15, -0.1) is 0 Å². The lowest BCUT2D eigenvalue weighted by atomic mass is 10.2. The summed E-state index contributed by atoms with van der Waals surface area (Å²) in [5.41, 5.74) is 0.608. The van der Waals surface area contributed by atoms with Crippen molar-refractivity contribution in [1.82, 2.24) is 0 Å². The van der Waals surface area contributed by atoms with E-state index in [1.165, 1.54) is 7.11 Å². The van der Waals surface area contributed by atoms with Crippen LogP contribution in [0.25, 0.3) is 0 Å². The lowest BCUT2D eigenvalue weighted by molar-refractivity contribution is -0.141. The first-order valence-corrected chi connectivity index (χ1v) is 7.95. The van der Waals surface area contributed by atoms with Crippen LogP contribution in [0.15, 0.2) is 54.6 Å². The number of ether oxygens (including phenoxy) is 3. The number of benzene rings is 2. The second kappa shape index (κ2) is 9.97. The van der Waals surface area contributed by atoms with Gasteiger partial charge in [0.2, 0.25) is 5.91 Å². The summed E-state index contributed by atoms with van der Waals surface area (Å²) in [6.07, 6.45) is 0.123. The van der Waals surface area contributed by atoms with Gasteiger partial charge in [0.1, 0.15) is 24.7 Å². The zero-order valence-corrected chi connectivity index (χ0v) is 14.1. The first-order valence-electron chi connectivity index (χ1n) is 7.95. The summed E-state index contributed by atoms with van der Waals surface area (Å²) < 4.78 is 15.7. The highest BCUT2D eigenvalue weighted by Crippen LogP contribution is 2.18. The zero-order chi connectivity index (χ0) is 17.9. The number of amides is 1. The largest absolute Gasteiger partial charge is 0.490 e. The smallest absolute Gasteiger partial charge is 0.306 e. The van der Waals surface area contributed by atoms with E-state index in [4.69, 9.17) is 9.47 Å². The molecule has 0 aliphatic rings. The molecule has 2 aromatic carbocycles. The molecule has 0 fully saturated rings. The molecule has 0 aromatic heterocycles. The maximum absolute atomic E-state index is 11.8. The fourth-order valence-corrected chi connectivity index (χ4v) is 2.04. The van der Waals surface area contributed by atoms with Crippen molar-refractivity contribution in [3.63, 3.8) is 0 Å². The zero-order valence-electron chi connectivity index (χ0n) is 14.1. The molecule has 2 aromatic rings. The number of nitrogens with one attached hydrogen (secondary N) is 1. The second-order valence-corrected chi connectivity index (χ2v) is 5.16. The van der Waals surface area contributed by atoms with Crippen molar-refractivity contribution < 1.29 is 23.8 Å². The fraction of sp³-hybridized carbons (Fsp3) is 0.263. The molecule has 0 unspecified atom stereocenters. The van der Waals surface area contributed by atoms with Gasteiger partial charge in [-0.1, -0.05) is 24.3 Å². The van der Waals surface area contributed by atoms with Crippen molar-refractivity contribution in [3.8, 4) is 11.5 Å². The first kappa shape index (κ1) is 18.3. The van der Waals surface area contributed by atoms with Crippen molar-refractivity contribution in [3.05, 3.63) is 54.6 Å². The molecule has 1 amide bonds. The van der Waals surface area contributed by atoms with E-state index in [1.54, 1.807) is 24.3 Å².